The molecule has 1 aliphatic rings. The van der Waals surface area contributed by atoms with Crippen LogP contribution < -0.4 is 15.5 Å². The molecule has 4 rings (SSSR count). The predicted molar refractivity (Wildman–Crippen MR) is 137 cm³/mol. The van der Waals surface area contributed by atoms with Gasteiger partial charge in [0.25, 0.3) is 0 Å². The summed E-state index contributed by atoms with van der Waals surface area (Å²) in [6.45, 7) is 3.08. The summed E-state index contributed by atoms with van der Waals surface area (Å²) in [6.07, 6.45) is 3.27. The first-order valence-corrected chi connectivity index (χ1v) is 10.9. The molecular formula is C23H29IN4S. The number of nitrogens with one attached hydrogen (secondary N) is 2. The van der Waals surface area contributed by atoms with Gasteiger partial charge in [-0.15, -0.1) is 35.3 Å². The summed E-state index contributed by atoms with van der Waals surface area (Å²) in [6, 6.07) is 20.0. The Morgan fingerprint density at radius 2 is 1.86 bits per heavy atom. The highest BCUT2D eigenvalue weighted by Crippen LogP contribution is 2.24. The normalized spacial score (nSPS) is 15.2. The van der Waals surface area contributed by atoms with Crippen LogP contribution >= 0.6 is 35.3 Å². The number of aliphatic imine (C=N–C) groups is 1. The number of halogens is 1. The lowest BCUT2D eigenvalue weighted by Crippen LogP contribution is -2.49. The SMILES string of the molecule is CN=C(NCCc1cccc2ccccc12)NC1CCN(c2cccs2)CC1.I. The molecule has 1 aliphatic heterocycles. The van der Waals surface area contributed by atoms with Crippen LogP contribution in [0.5, 0.6) is 0 Å². The van der Waals surface area contributed by atoms with Crippen LogP contribution in [0.4, 0.5) is 5.00 Å². The third-order valence-electron chi connectivity index (χ3n) is 5.44. The second-order valence-electron chi connectivity index (χ2n) is 7.24. The molecule has 0 spiro atoms. The molecule has 0 amide bonds. The van der Waals surface area contributed by atoms with Crippen molar-refractivity contribution in [3.63, 3.8) is 0 Å². The Labute approximate surface area is 194 Å². The number of piperidine rings is 1. The highest BCUT2D eigenvalue weighted by molar-refractivity contribution is 14.0. The van der Waals surface area contributed by atoms with Crippen LogP contribution in [0.1, 0.15) is 18.4 Å². The molecule has 2 aromatic carbocycles. The van der Waals surface area contributed by atoms with Crippen LogP contribution in [0.25, 0.3) is 10.8 Å². The van der Waals surface area contributed by atoms with Crippen LogP contribution in [-0.4, -0.2) is 38.7 Å². The summed E-state index contributed by atoms with van der Waals surface area (Å²) in [5.74, 6) is 0.912. The van der Waals surface area contributed by atoms with Crippen molar-refractivity contribution >= 4 is 57.0 Å². The van der Waals surface area contributed by atoms with Gasteiger partial charge < -0.3 is 15.5 Å². The molecule has 6 heteroatoms. The van der Waals surface area contributed by atoms with Gasteiger partial charge in [0.2, 0.25) is 0 Å². The summed E-state index contributed by atoms with van der Waals surface area (Å²) in [4.78, 5) is 6.91. The van der Waals surface area contributed by atoms with Gasteiger partial charge in [-0.05, 0) is 53.1 Å². The lowest BCUT2D eigenvalue weighted by Gasteiger charge is -2.33. The van der Waals surface area contributed by atoms with Crippen LogP contribution in [0.3, 0.4) is 0 Å². The predicted octanol–water partition coefficient (Wildman–Crippen LogP) is 4.90. The zero-order chi connectivity index (χ0) is 19.2. The van der Waals surface area contributed by atoms with E-state index in [0.29, 0.717) is 6.04 Å². The smallest absolute Gasteiger partial charge is 0.191 e. The summed E-state index contributed by atoms with van der Waals surface area (Å²) in [5, 5.41) is 13.3. The summed E-state index contributed by atoms with van der Waals surface area (Å²) >= 11 is 1.83. The minimum atomic E-state index is 0. The Balaban J connectivity index is 0.00000240. The minimum Gasteiger partial charge on any atom is -0.363 e. The summed E-state index contributed by atoms with van der Waals surface area (Å²) < 4.78 is 0. The molecule has 2 heterocycles. The first-order valence-electron chi connectivity index (χ1n) is 10.1. The second kappa shape index (κ2) is 10.8. The third kappa shape index (κ3) is 5.63. The molecule has 0 bridgehead atoms. The average molecular weight is 520 g/mol. The fourth-order valence-corrected chi connectivity index (χ4v) is 4.69. The molecular weight excluding hydrogens is 491 g/mol. The fourth-order valence-electron chi connectivity index (χ4n) is 3.91. The lowest BCUT2D eigenvalue weighted by atomic mass is 10.0. The van der Waals surface area contributed by atoms with Gasteiger partial charge in [-0.1, -0.05) is 42.5 Å². The van der Waals surface area contributed by atoms with Crippen LogP contribution in [0, 0.1) is 0 Å². The van der Waals surface area contributed by atoms with Crippen molar-refractivity contribution in [3.8, 4) is 0 Å². The van der Waals surface area contributed by atoms with Gasteiger partial charge in [0, 0.05) is 32.7 Å². The molecule has 0 radical (unpaired) electrons. The quantitative estimate of drug-likeness (QED) is 0.286. The van der Waals surface area contributed by atoms with E-state index in [9.17, 15) is 0 Å². The molecule has 154 valence electrons. The third-order valence-corrected chi connectivity index (χ3v) is 6.37. The van der Waals surface area contributed by atoms with Crippen molar-refractivity contribution in [2.75, 3.05) is 31.6 Å². The first-order chi connectivity index (χ1) is 13.8. The maximum Gasteiger partial charge on any atom is 0.191 e. The number of nitrogens with zero attached hydrogens (tertiary/aromatic N) is 2. The zero-order valence-electron chi connectivity index (χ0n) is 16.8. The number of anilines is 1. The van der Waals surface area contributed by atoms with E-state index < -0.39 is 0 Å². The van der Waals surface area contributed by atoms with Crippen molar-refractivity contribution < 1.29 is 0 Å². The van der Waals surface area contributed by atoms with Crippen LogP contribution in [-0.2, 0) is 6.42 Å². The topological polar surface area (TPSA) is 39.7 Å². The highest BCUT2D eigenvalue weighted by atomic mass is 127. The van der Waals surface area contributed by atoms with E-state index in [-0.39, 0.29) is 24.0 Å². The zero-order valence-corrected chi connectivity index (χ0v) is 20.0. The number of hydrogen-bond donors (Lipinski definition) is 2. The summed E-state index contributed by atoms with van der Waals surface area (Å²) in [5.41, 5.74) is 1.38. The lowest BCUT2D eigenvalue weighted by molar-refractivity contribution is 0.463. The van der Waals surface area contributed by atoms with E-state index >= 15 is 0 Å². The van der Waals surface area contributed by atoms with Gasteiger partial charge in [-0.3, -0.25) is 4.99 Å². The van der Waals surface area contributed by atoms with Crippen molar-refractivity contribution in [1.82, 2.24) is 10.6 Å². The molecule has 0 aliphatic carbocycles. The molecule has 3 aromatic rings. The van der Waals surface area contributed by atoms with Gasteiger partial charge in [-0.25, -0.2) is 0 Å². The maximum absolute atomic E-state index is 4.43. The van der Waals surface area contributed by atoms with Gasteiger partial charge >= 0.3 is 0 Å². The van der Waals surface area contributed by atoms with E-state index in [4.69, 9.17) is 0 Å². The highest BCUT2D eigenvalue weighted by Gasteiger charge is 2.20. The average Bonchev–Trinajstić information content (AvgIpc) is 3.28. The van der Waals surface area contributed by atoms with E-state index in [1.54, 1.807) is 0 Å². The Bertz CT molecular complexity index is 912. The Morgan fingerprint density at radius 1 is 1.07 bits per heavy atom. The van der Waals surface area contributed by atoms with Crippen molar-refractivity contribution in [2.45, 2.75) is 25.3 Å². The molecule has 1 fully saturated rings. The molecule has 1 saturated heterocycles. The Morgan fingerprint density at radius 3 is 2.62 bits per heavy atom. The number of benzene rings is 2. The van der Waals surface area contributed by atoms with Crippen molar-refractivity contribution in [3.05, 3.63) is 65.5 Å². The maximum atomic E-state index is 4.43. The van der Waals surface area contributed by atoms with Gasteiger partial charge in [0.1, 0.15) is 0 Å². The van der Waals surface area contributed by atoms with Crippen LogP contribution in [0.15, 0.2) is 65.0 Å². The Hall–Kier alpha value is -1.80. The second-order valence-corrected chi connectivity index (χ2v) is 8.17. The number of guanidine groups is 1. The molecule has 1 aromatic heterocycles. The monoisotopic (exact) mass is 520 g/mol. The largest absolute Gasteiger partial charge is 0.363 e. The summed E-state index contributed by atoms with van der Waals surface area (Å²) in [7, 11) is 1.86. The van der Waals surface area contributed by atoms with E-state index in [1.807, 2.05) is 18.4 Å². The molecule has 0 saturated carbocycles. The van der Waals surface area contributed by atoms with E-state index in [1.165, 1.54) is 21.3 Å². The van der Waals surface area contributed by atoms with Crippen molar-refractivity contribution in [1.29, 1.82) is 0 Å². The molecule has 29 heavy (non-hydrogen) atoms. The minimum absolute atomic E-state index is 0. The number of hydrogen-bond acceptors (Lipinski definition) is 3. The van der Waals surface area contributed by atoms with E-state index in [2.05, 4.69) is 80.5 Å². The number of thiophene rings is 1. The first kappa shape index (κ1) is 21.9. The molecule has 2 N–H and O–H groups in total. The number of rotatable bonds is 5. The van der Waals surface area contributed by atoms with Crippen molar-refractivity contribution in [2.24, 2.45) is 4.99 Å². The van der Waals surface area contributed by atoms with Gasteiger partial charge in [0.05, 0.1) is 5.00 Å². The number of fused-ring (bicyclic) bond motifs is 1. The molecule has 0 atom stereocenters. The van der Waals surface area contributed by atoms with E-state index in [0.717, 1.165) is 44.9 Å². The Kier molecular flexibility index (Phi) is 8.18. The molecule has 4 nitrogen and oxygen atoms in total. The van der Waals surface area contributed by atoms with Gasteiger partial charge in [0.15, 0.2) is 5.96 Å². The fraction of sp³-hybridized carbons (Fsp3) is 0.348. The van der Waals surface area contributed by atoms with Gasteiger partial charge in [-0.2, -0.15) is 0 Å². The molecule has 0 unspecified atom stereocenters. The standard InChI is InChI=1S/C23H28N4S.HI/c1-24-23(26-20-12-15-27(16-13-20)22-10-5-17-28-22)25-14-11-19-8-4-7-18-6-2-3-9-21(18)19;/h2-10,17,20H,11-16H2,1H3,(H2,24,25,26);1H. The van der Waals surface area contributed by atoms with Crippen LogP contribution in [0.2, 0.25) is 0 Å².